The van der Waals surface area contributed by atoms with E-state index < -0.39 is 65.2 Å². The summed E-state index contributed by atoms with van der Waals surface area (Å²) in [5, 5.41) is 0. The van der Waals surface area contributed by atoms with Crippen LogP contribution in [0.4, 0.5) is 4.79 Å². The minimum atomic E-state index is -1.19. The Morgan fingerprint density at radius 2 is 1.80 bits per heavy atom. The number of nitrogens with zero attached hydrogens (tertiary/aromatic N) is 4. The molecule has 0 aromatic carbocycles. The molecule has 1 aliphatic carbocycles. The molecule has 1 spiro atoms. The van der Waals surface area contributed by atoms with Gasteiger partial charge in [-0.2, -0.15) is 0 Å². The number of methoxy groups -OCH3 is 1. The molecule has 49 heavy (non-hydrogen) atoms. The fourth-order valence-corrected chi connectivity index (χ4v) is 8.08. The van der Waals surface area contributed by atoms with Crippen LogP contribution in [0.2, 0.25) is 0 Å². The fourth-order valence-electron chi connectivity index (χ4n) is 8.08. The number of Topliss-reactive ketones (excluding diaryl/α,β-unsaturated/α-hetero) is 2. The van der Waals surface area contributed by atoms with Crippen molar-refractivity contribution in [1.29, 1.82) is 0 Å². The largest absolute Gasteiger partial charge is 0.457 e. The van der Waals surface area contributed by atoms with Crippen molar-refractivity contribution in [3.63, 3.8) is 0 Å². The van der Waals surface area contributed by atoms with Gasteiger partial charge in [0.2, 0.25) is 0 Å². The van der Waals surface area contributed by atoms with Crippen LogP contribution >= 0.6 is 0 Å². The number of unbranched alkanes of at least 4 members (excludes halogenated alkanes) is 1. The standard InChI is InChI=1S/C37H50N4O8/c1-9-17-47-32-24(4)30(43)25(5)34(44)48-33-26(6)37(33)31(23(3)29(42)22(2)18-36(32,7)46-8)41(35(45)49-37)16-11-10-15-40-20-28(39-21-40)27-13-12-14-38-19-27/h9,12-14,19-26,31-33H,1,10-11,15-18H2,2-8H3/t22-,23+,24+,25-,26?,31-,32-,33-,36+,37+/m1/s1. The number of rotatable bonds is 10. The maximum absolute atomic E-state index is 14.3. The Balaban J connectivity index is 1.39. The SMILES string of the molecule is C=CCO[C@@H]1[C@@H](C)C(=O)[C@@H](C)C(=O)O[C@@H]2C(C)[C@@]23OC(=O)N(CCCCn2cnc(-c4cccnc4)c2)[C@@H]3[C@@H](C)C(=O)[C@H](C)C[C@]1(C)OC. The Morgan fingerprint density at radius 3 is 2.47 bits per heavy atom. The van der Waals surface area contributed by atoms with Crippen LogP contribution in [0, 0.1) is 29.6 Å². The van der Waals surface area contributed by atoms with Crippen LogP contribution in [0.15, 0.2) is 49.7 Å². The average Bonchev–Trinajstić information content (AvgIpc) is 3.40. The lowest BCUT2D eigenvalue weighted by atomic mass is 9.75. The number of hydrogen-bond donors (Lipinski definition) is 0. The van der Waals surface area contributed by atoms with Crippen molar-refractivity contribution < 1.29 is 38.1 Å². The second kappa shape index (κ2) is 14.5. The number of amides is 1. The number of aryl methyl sites for hydroxylation is 1. The Bertz CT molecular complexity index is 1550. The van der Waals surface area contributed by atoms with E-state index in [0.717, 1.165) is 17.7 Å². The van der Waals surface area contributed by atoms with Gasteiger partial charge in [-0.3, -0.25) is 19.4 Å². The number of ether oxygens (including phenoxy) is 4. The molecule has 4 heterocycles. The first kappa shape index (κ1) is 36.4. The molecule has 12 heteroatoms. The molecule has 0 bridgehead atoms. The Kier molecular flexibility index (Phi) is 10.8. The van der Waals surface area contributed by atoms with Crippen molar-refractivity contribution >= 4 is 23.6 Å². The molecule has 1 saturated carbocycles. The molecule has 0 N–H and O–H groups in total. The van der Waals surface area contributed by atoms with E-state index in [1.165, 1.54) is 14.0 Å². The molecule has 0 radical (unpaired) electrons. The molecule has 3 fully saturated rings. The molecule has 2 aromatic heterocycles. The first-order chi connectivity index (χ1) is 23.3. The van der Waals surface area contributed by atoms with E-state index in [9.17, 15) is 19.2 Å². The highest BCUT2D eigenvalue weighted by Gasteiger charge is 2.78. The normalized spacial score (nSPS) is 35.2. The van der Waals surface area contributed by atoms with Crippen LogP contribution in [-0.2, 0) is 39.9 Å². The monoisotopic (exact) mass is 678 g/mol. The second-order valence-electron chi connectivity index (χ2n) is 14.2. The summed E-state index contributed by atoms with van der Waals surface area (Å²) in [6.07, 6.45) is 8.37. The van der Waals surface area contributed by atoms with Crippen LogP contribution in [0.3, 0.4) is 0 Å². The number of pyridine rings is 1. The van der Waals surface area contributed by atoms with Crippen molar-refractivity contribution in [3.05, 3.63) is 49.7 Å². The van der Waals surface area contributed by atoms with Crippen LogP contribution in [0.5, 0.6) is 0 Å². The van der Waals surface area contributed by atoms with Gasteiger partial charge in [0.25, 0.3) is 0 Å². The topological polar surface area (TPSA) is 139 Å². The molecule has 5 rings (SSSR count). The minimum absolute atomic E-state index is 0.0756. The molecule has 2 saturated heterocycles. The smallest absolute Gasteiger partial charge is 0.410 e. The first-order valence-corrected chi connectivity index (χ1v) is 17.3. The predicted octanol–water partition coefficient (Wildman–Crippen LogP) is 4.91. The van der Waals surface area contributed by atoms with Gasteiger partial charge in [0, 0.05) is 68.0 Å². The van der Waals surface area contributed by atoms with E-state index in [2.05, 4.69) is 16.5 Å². The summed E-state index contributed by atoms with van der Waals surface area (Å²) in [5.74, 6) is -4.50. The lowest BCUT2D eigenvalue weighted by Crippen LogP contribution is -2.53. The molecule has 266 valence electrons. The van der Waals surface area contributed by atoms with Crippen molar-refractivity contribution in [2.45, 2.75) is 96.8 Å². The maximum atomic E-state index is 14.3. The maximum Gasteiger partial charge on any atom is 0.410 e. The molecule has 1 unspecified atom stereocenters. The average molecular weight is 679 g/mol. The van der Waals surface area contributed by atoms with Gasteiger partial charge in [-0.05, 0) is 45.2 Å². The first-order valence-electron chi connectivity index (χ1n) is 17.3. The number of esters is 1. The molecule has 10 atom stereocenters. The minimum Gasteiger partial charge on any atom is -0.457 e. The number of aromatic nitrogens is 3. The zero-order valence-electron chi connectivity index (χ0n) is 29.7. The van der Waals surface area contributed by atoms with Gasteiger partial charge in [0.1, 0.15) is 11.7 Å². The zero-order valence-corrected chi connectivity index (χ0v) is 29.7. The molecule has 2 aromatic rings. The third kappa shape index (κ3) is 6.81. The summed E-state index contributed by atoms with van der Waals surface area (Å²) in [6.45, 7) is 15.5. The summed E-state index contributed by atoms with van der Waals surface area (Å²) in [7, 11) is 1.53. The number of carbonyl (C=O) groups is 4. The van der Waals surface area contributed by atoms with E-state index in [1.54, 1.807) is 36.6 Å². The van der Waals surface area contributed by atoms with Gasteiger partial charge in [-0.15, -0.1) is 6.58 Å². The lowest BCUT2D eigenvalue weighted by molar-refractivity contribution is -0.167. The summed E-state index contributed by atoms with van der Waals surface area (Å²) >= 11 is 0. The number of hydrogen-bond acceptors (Lipinski definition) is 10. The summed E-state index contributed by atoms with van der Waals surface area (Å²) < 4.78 is 26.2. The van der Waals surface area contributed by atoms with E-state index in [4.69, 9.17) is 18.9 Å². The van der Waals surface area contributed by atoms with Crippen molar-refractivity contribution in [3.8, 4) is 11.3 Å². The molecule has 12 nitrogen and oxygen atoms in total. The van der Waals surface area contributed by atoms with Crippen LogP contribution in [0.25, 0.3) is 11.3 Å². The van der Waals surface area contributed by atoms with Gasteiger partial charge in [0.05, 0.1) is 36.4 Å². The van der Waals surface area contributed by atoms with E-state index in [0.29, 0.717) is 19.5 Å². The molecular formula is C37H50N4O8. The van der Waals surface area contributed by atoms with E-state index in [-0.39, 0.29) is 30.5 Å². The van der Waals surface area contributed by atoms with Gasteiger partial charge in [-0.25, -0.2) is 9.78 Å². The summed E-state index contributed by atoms with van der Waals surface area (Å²) in [4.78, 5) is 65.4. The lowest BCUT2D eigenvalue weighted by Gasteiger charge is -2.41. The van der Waals surface area contributed by atoms with Gasteiger partial charge in [-0.1, -0.05) is 33.8 Å². The highest BCUT2D eigenvalue weighted by atomic mass is 16.6. The molecule has 2 aliphatic heterocycles. The highest BCUT2D eigenvalue weighted by Crippen LogP contribution is 2.58. The Morgan fingerprint density at radius 1 is 1.06 bits per heavy atom. The fraction of sp³-hybridized carbons (Fsp3) is 0.622. The summed E-state index contributed by atoms with van der Waals surface area (Å²) in [5.41, 5.74) is -0.486. The van der Waals surface area contributed by atoms with E-state index >= 15 is 0 Å². The zero-order chi connectivity index (χ0) is 35.7. The van der Waals surface area contributed by atoms with E-state index in [1.807, 2.05) is 50.6 Å². The predicted molar refractivity (Wildman–Crippen MR) is 180 cm³/mol. The third-order valence-corrected chi connectivity index (χ3v) is 11.0. The molecule has 1 amide bonds. The summed E-state index contributed by atoms with van der Waals surface area (Å²) in [6, 6.07) is 3.16. The van der Waals surface area contributed by atoms with Crippen LogP contribution in [-0.4, -0.2) is 92.8 Å². The Labute approximate surface area is 288 Å². The molecular weight excluding hydrogens is 628 g/mol. The van der Waals surface area contributed by atoms with Gasteiger partial charge in [0.15, 0.2) is 17.5 Å². The van der Waals surface area contributed by atoms with Crippen LogP contribution < -0.4 is 0 Å². The van der Waals surface area contributed by atoms with Crippen molar-refractivity contribution in [2.75, 3.05) is 20.3 Å². The van der Waals surface area contributed by atoms with Gasteiger partial charge >= 0.3 is 12.1 Å². The second-order valence-corrected chi connectivity index (χ2v) is 14.2. The molecule has 3 aliphatic rings. The van der Waals surface area contributed by atoms with Gasteiger partial charge < -0.3 is 28.4 Å². The number of imidazole rings is 1. The third-order valence-electron chi connectivity index (χ3n) is 11.0. The number of carbonyl (C=O) groups excluding carboxylic acids is 4. The van der Waals surface area contributed by atoms with Crippen molar-refractivity contribution in [2.24, 2.45) is 29.6 Å². The van der Waals surface area contributed by atoms with Crippen LogP contribution in [0.1, 0.15) is 60.8 Å². The van der Waals surface area contributed by atoms with Crippen molar-refractivity contribution in [1.82, 2.24) is 19.4 Å². The highest BCUT2D eigenvalue weighted by molar-refractivity contribution is 6.00. The Hall–Kier alpha value is -3.90. The quantitative estimate of drug-likeness (QED) is 0.147. The number of ketones is 2.